The molecule has 0 aliphatic rings. The Morgan fingerprint density at radius 1 is 1.75 bits per heavy atom. The molecule has 0 unspecified atom stereocenters. The molecular formula is C6H7N2. The first-order chi connectivity index (χ1) is 3.93. The molecule has 0 aliphatic heterocycles. The van der Waals surface area contributed by atoms with Crippen LogP contribution in [-0.4, -0.2) is 4.98 Å². The quantitative estimate of drug-likeness (QED) is 0.562. The van der Waals surface area contributed by atoms with E-state index in [-0.39, 0.29) is 0 Å². The van der Waals surface area contributed by atoms with Crippen LogP contribution in [0.25, 0.3) is 0 Å². The molecule has 1 aromatic heterocycles. The van der Waals surface area contributed by atoms with Gasteiger partial charge >= 0.3 is 0 Å². The topological polar surface area (TPSA) is 38.9 Å². The molecule has 0 atom stereocenters. The highest BCUT2D eigenvalue weighted by atomic mass is 14.6. The number of nitrogens with zero attached hydrogens (tertiary/aromatic N) is 1. The fraction of sp³-hybridized carbons (Fsp3) is 0.167. The maximum atomic E-state index is 5.28. The molecule has 1 aromatic rings. The van der Waals surface area contributed by atoms with E-state index in [9.17, 15) is 0 Å². The van der Waals surface area contributed by atoms with Gasteiger partial charge in [-0.05, 0) is 17.7 Å². The van der Waals surface area contributed by atoms with Gasteiger partial charge in [-0.25, -0.2) is 0 Å². The lowest BCUT2D eigenvalue weighted by molar-refractivity contribution is 1.04. The zero-order chi connectivity index (χ0) is 5.82. The van der Waals surface area contributed by atoms with Crippen molar-refractivity contribution >= 4 is 0 Å². The highest BCUT2D eigenvalue weighted by Crippen LogP contribution is 1.89. The van der Waals surface area contributed by atoms with Crippen molar-refractivity contribution in [3.8, 4) is 0 Å². The number of aromatic nitrogens is 1. The third kappa shape index (κ3) is 1.04. The summed E-state index contributed by atoms with van der Waals surface area (Å²) < 4.78 is 0. The van der Waals surface area contributed by atoms with Gasteiger partial charge in [-0.3, -0.25) is 4.98 Å². The lowest BCUT2D eigenvalue weighted by Gasteiger charge is -1.88. The molecule has 0 saturated heterocycles. The Kier molecular flexibility index (Phi) is 1.59. The van der Waals surface area contributed by atoms with Gasteiger partial charge in [-0.15, -0.1) is 0 Å². The fourth-order valence-electron chi connectivity index (χ4n) is 0.469. The average molecular weight is 107 g/mol. The first kappa shape index (κ1) is 5.25. The average Bonchev–Trinajstić information content (AvgIpc) is 1.90. The van der Waals surface area contributed by atoms with Crippen molar-refractivity contribution in [3.05, 3.63) is 30.1 Å². The second kappa shape index (κ2) is 2.43. The van der Waals surface area contributed by atoms with Crippen molar-refractivity contribution < 1.29 is 0 Å². The van der Waals surface area contributed by atoms with Crippen LogP contribution in [0.2, 0.25) is 0 Å². The normalized spacial score (nSPS) is 9.12. The van der Waals surface area contributed by atoms with Crippen LogP contribution in [0, 0.1) is 6.07 Å². The van der Waals surface area contributed by atoms with E-state index in [1.54, 1.807) is 18.5 Å². The summed E-state index contributed by atoms with van der Waals surface area (Å²) >= 11 is 0. The summed E-state index contributed by atoms with van der Waals surface area (Å²) in [6.45, 7) is 0.522. The number of rotatable bonds is 1. The van der Waals surface area contributed by atoms with Gasteiger partial charge in [0.1, 0.15) is 0 Å². The largest absolute Gasteiger partial charge is 0.326 e. The number of nitrogens with two attached hydrogens (primary N) is 1. The maximum Gasteiger partial charge on any atom is 0.0318 e. The predicted molar refractivity (Wildman–Crippen MR) is 31.0 cm³/mol. The lowest BCUT2D eigenvalue weighted by atomic mass is 10.3. The Labute approximate surface area is 48.4 Å². The number of pyridine rings is 1. The third-order valence-electron chi connectivity index (χ3n) is 0.880. The van der Waals surface area contributed by atoms with Crippen molar-refractivity contribution in [1.29, 1.82) is 0 Å². The van der Waals surface area contributed by atoms with Gasteiger partial charge in [-0.2, -0.15) is 0 Å². The van der Waals surface area contributed by atoms with E-state index in [1.165, 1.54) is 0 Å². The summed E-state index contributed by atoms with van der Waals surface area (Å²) in [5.41, 5.74) is 6.23. The summed E-state index contributed by atoms with van der Waals surface area (Å²) in [7, 11) is 0. The molecule has 0 bridgehead atoms. The molecule has 2 heteroatoms. The summed E-state index contributed by atoms with van der Waals surface area (Å²) in [5.74, 6) is 0. The summed E-state index contributed by atoms with van der Waals surface area (Å²) in [6, 6.07) is 4.68. The molecule has 1 heterocycles. The van der Waals surface area contributed by atoms with Crippen molar-refractivity contribution in [1.82, 2.24) is 4.98 Å². The lowest BCUT2D eigenvalue weighted by Crippen LogP contribution is -1.95. The molecule has 8 heavy (non-hydrogen) atoms. The van der Waals surface area contributed by atoms with Crippen molar-refractivity contribution in [2.75, 3.05) is 0 Å². The maximum absolute atomic E-state index is 5.28. The van der Waals surface area contributed by atoms with Crippen LogP contribution in [-0.2, 0) is 6.54 Å². The van der Waals surface area contributed by atoms with Crippen LogP contribution < -0.4 is 5.73 Å². The molecule has 41 valence electrons. The Bertz CT molecular complexity index is 148. The van der Waals surface area contributed by atoms with E-state index in [4.69, 9.17) is 5.73 Å². The first-order valence-corrected chi connectivity index (χ1v) is 2.44. The van der Waals surface area contributed by atoms with Crippen molar-refractivity contribution in [2.24, 2.45) is 5.73 Å². The smallest absolute Gasteiger partial charge is 0.0318 e. The molecule has 2 N–H and O–H groups in total. The van der Waals surface area contributed by atoms with Gasteiger partial charge in [0.2, 0.25) is 0 Å². The highest BCUT2D eigenvalue weighted by Gasteiger charge is 1.82. The predicted octanol–water partition coefficient (Wildman–Crippen LogP) is 0.340. The van der Waals surface area contributed by atoms with E-state index in [1.807, 2.05) is 0 Å². The van der Waals surface area contributed by atoms with Gasteiger partial charge < -0.3 is 5.73 Å². The summed E-state index contributed by atoms with van der Waals surface area (Å²) in [5, 5.41) is 0. The SMILES string of the molecule is NCc1[c]ccnc1. The second-order valence-corrected chi connectivity index (χ2v) is 1.47. The van der Waals surface area contributed by atoms with Crippen molar-refractivity contribution in [2.45, 2.75) is 6.54 Å². The molecule has 0 spiro atoms. The van der Waals surface area contributed by atoms with Gasteiger partial charge in [0.05, 0.1) is 0 Å². The first-order valence-electron chi connectivity index (χ1n) is 2.44. The van der Waals surface area contributed by atoms with Crippen LogP contribution in [0.1, 0.15) is 5.56 Å². The Morgan fingerprint density at radius 2 is 2.62 bits per heavy atom. The van der Waals surface area contributed by atoms with Gasteiger partial charge in [0.25, 0.3) is 0 Å². The monoisotopic (exact) mass is 107 g/mol. The number of hydrogen-bond donors (Lipinski definition) is 1. The van der Waals surface area contributed by atoms with Crippen molar-refractivity contribution in [3.63, 3.8) is 0 Å². The van der Waals surface area contributed by atoms with Gasteiger partial charge in [-0.1, -0.05) is 0 Å². The molecular weight excluding hydrogens is 100 g/mol. The third-order valence-corrected chi connectivity index (χ3v) is 0.880. The minimum absolute atomic E-state index is 0.522. The highest BCUT2D eigenvalue weighted by molar-refractivity contribution is 5.04. The van der Waals surface area contributed by atoms with Crippen LogP contribution in [0.3, 0.4) is 0 Å². The molecule has 0 fully saturated rings. The van der Waals surface area contributed by atoms with Crippen LogP contribution in [0.4, 0.5) is 0 Å². The Balaban J connectivity index is 2.83. The molecule has 0 amide bonds. The Hall–Kier alpha value is -0.890. The zero-order valence-corrected chi connectivity index (χ0v) is 4.46. The molecule has 2 nitrogen and oxygen atoms in total. The van der Waals surface area contributed by atoms with Gasteiger partial charge in [0.15, 0.2) is 0 Å². The second-order valence-electron chi connectivity index (χ2n) is 1.47. The molecule has 0 saturated carbocycles. The molecule has 0 aromatic carbocycles. The fourth-order valence-corrected chi connectivity index (χ4v) is 0.469. The summed E-state index contributed by atoms with van der Waals surface area (Å²) in [4.78, 5) is 3.84. The zero-order valence-electron chi connectivity index (χ0n) is 4.46. The van der Waals surface area contributed by atoms with Crippen LogP contribution in [0.5, 0.6) is 0 Å². The molecule has 0 aliphatic carbocycles. The van der Waals surface area contributed by atoms with Crippen LogP contribution in [0.15, 0.2) is 18.5 Å². The van der Waals surface area contributed by atoms with E-state index >= 15 is 0 Å². The number of hydrogen-bond acceptors (Lipinski definition) is 2. The van der Waals surface area contributed by atoms with Crippen LogP contribution >= 0.6 is 0 Å². The van der Waals surface area contributed by atoms with Gasteiger partial charge in [0, 0.05) is 18.9 Å². The standard InChI is InChI=1S/C6H7N2/c7-4-6-2-1-3-8-5-6/h1,3,5H,4,7H2. The molecule has 1 rings (SSSR count). The Morgan fingerprint density at radius 3 is 3.00 bits per heavy atom. The van der Waals surface area contributed by atoms with E-state index in [2.05, 4.69) is 11.1 Å². The molecule has 1 radical (unpaired) electrons. The minimum Gasteiger partial charge on any atom is -0.326 e. The van der Waals surface area contributed by atoms with E-state index in [0.717, 1.165) is 5.56 Å². The summed E-state index contributed by atoms with van der Waals surface area (Å²) in [6.07, 6.45) is 3.39. The van der Waals surface area contributed by atoms with E-state index in [0.29, 0.717) is 6.54 Å². The van der Waals surface area contributed by atoms with E-state index < -0.39 is 0 Å². The minimum atomic E-state index is 0.522.